The van der Waals surface area contributed by atoms with Crippen molar-refractivity contribution in [3.63, 3.8) is 0 Å². The van der Waals surface area contributed by atoms with Gasteiger partial charge in [-0.3, -0.25) is 14.9 Å². The summed E-state index contributed by atoms with van der Waals surface area (Å²) < 4.78 is 1.81. The summed E-state index contributed by atoms with van der Waals surface area (Å²) in [5.41, 5.74) is -0.460. The van der Waals surface area contributed by atoms with Gasteiger partial charge in [0.1, 0.15) is 0 Å². The standard InChI is InChI=1S/C20H28N4O3S/c1-3-24-5-4-16(25)21-19(24)28-12(2)17(26)22-18(27)23-20-9-13-6-14(10-20)8-15(7-13)11-20/h4-5,12-15H,3,6-11H2,1-2H3,(H2,22,23,26,27). The highest BCUT2D eigenvalue weighted by Gasteiger charge is 2.51. The van der Waals surface area contributed by atoms with E-state index in [1.807, 2.05) is 11.5 Å². The van der Waals surface area contributed by atoms with Crippen molar-refractivity contribution in [3.05, 3.63) is 22.6 Å². The predicted octanol–water partition coefficient (Wildman–Crippen LogP) is 2.54. The van der Waals surface area contributed by atoms with Crippen LogP contribution in [0.25, 0.3) is 0 Å². The molecule has 4 fully saturated rings. The third-order valence-corrected chi connectivity index (χ3v) is 7.60. The second kappa shape index (κ2) is 7.54. The molecule has 152 valence electrons. The Morgan fingerprint density at radius 1 is 1.25 bits per heavy atom. The minimum atomic E-state index is -0.533. The maximum Gasteiger partial charge on any atom is 0.321 e. The third-order valence-electron chi connectivity index (χ3n) is 6.49. The first-order valence-electron chi connectivity index (χ1n) is 10.2. The van der Waals surface area contributed by atoms with E-state index in [2.05, 4.69) is 15.6 Å². The summed E-state index contributed by atoms with van der Waals surface area (Å²) in [5.74, 6) is 1.82. The number of urea groups is 1. The van der Waals surface area contributed by atoms with Gasteiger partial charge < -0.3 is 9.88 Å². The second-order valence-corrected chi connectivity index (χ2v) is 10.0. The zero-order chi connectivity index (χ0) is 19.9. The van der Waals surface area contributed by atoms with Crippen molar-refractivity contribution in [1.82, 2.24) is 20.2 Å². The summed E-state index contributed by atoms with van der Waals surface area (Å²) in [7, 11) is 0. The maximum atomic E-state index is 12.5. The summed E-state index contributed by atoms with van der Waals surface area (Å²) >= 11 is 1.19. The van der Waals surface area contributed by atoms with E-state index < -0.39 is 11.3 Å². The number of imide groups is 1. The van der Waals surface area contributed by atoms with Crippen molar-refractivity contribution in [1.29, 1.82) is 0 Å². The number of amides is 3. The van der Waals surface area contributed by atoms with E-state index in [4.69, 9.17) is 0 Å². The van der Waals surface area contributed by atoms with Gasteiger partial charge in [0, 0.05) is 24.3 Å². The molecule has 7 nitrogen and oxygen atoms in total. The summed E-state index contributed by atoms with van der Waals surface area (Å²) in [6, 6.07) is 1.00. The molecule has 2 N–H and O–H groups in total. The first-order chi connectivity index (χ1) is 13.4. The van der Waals surface area contributed by atoms with Crippen molar-refractivity contribution >= 4 is 23.7 Å². The number of aryl methyl sites for hydroxylation is 1. The van der Waals surface area contributed by atoms with Crippen LogP contribution in [0.3, 0.4) is 0 Å². The van der Waals surface area contributed by atoms with Gasteiger partial charge in [-0.15, -0.1) is 0 Å². The number of carbonyl (C=O) groups excluding carboxylic acids is 2. The molecule has 1 aromatic rings. The van der Waals surface area contributed by atoms with Gasteiger partial charge in [-0.05, 0) is 70.1 Å². The third kappa shape index (κ3) is 3.97. The van der Waals surface area contributed by atoms with Crippen LogP contribution >= 0.6 is 11.8 Å². The lowest BCUT2D eigenvalue weighted by Crippen LogP contribution is -2.62. The van der Waals surface area contributed by atoms with Crippen molar-refractivity contribution < 1.29 is 9.59 Å². The Bertz CT molecular complexity index is 802. The van der Waals surface area contributed by atoms with Gasteiger partial charge in [-0.25, -0.2) is 4.79 Å². The summed E-state index contributed by atoms with van der Waals surface area (Å²) in [6.45, 7) is 4.31. The van der Waals surface area contributed by atoms with Crippen LogP contribution in [-0.4, -0.2) is 32.3 Å². The predicted molar refractivity (Wildman–Crippen MR) is 107 cm³/mol. The molecule has 4 aliphatic carbocycles. The lowest BCUT2D eigenvalue weighted by molar-refractivity contribution is -0.119. The van der Waals surface area contributed by atoms with E-state index in [0.717, 1.165) is 37.0 Å². The lowest BCUT2D eigenvalue weighted by Gasteiger charge is -2.56. The van der Waals surface area contributed by atoms with Crippen molar-refractivity contribution in [3.8, 4) is 0 Å². The molecule has 1 unspecified atom stereocenters. The van der Waals surface area contributed by atoms with E-state index in [1.165, 1.54) is 37.1 Å². The van der Waals surface area contributed by atoms with Crippen molar-refractivity contribution in [2.75, 3.05) is 0 Å². The van der Waals surface area contributed by atoms with Gasteiger partial charge in [-0.1, -0.05) is 11.8 Å². The second-order valence-electron chi connectivity index (χ2n) is 8.74. The summed E-state index contributed by atoms with van der Waals surface area (Å²) in [6.07, 6.45) is 8.71. The Kier molecular flexibility index (Phi) is 5.24. The molecular weight excluding hydrogens is 376 g/mol. The number of thioether (sulfide) groups is 1. The number of nitrogens with one attached hydrogen (secondary N) is 2. The molecule has 1 atom stereocenters. The Morgan fingerprint density at radius 3 is 2.43 bits per heavy atom. The Labute approximate surface area is 169 Å². The van der Waals surface area contributed by atoms with E-state index in [-0.39, 0.29) is 17.0 Å². The normalized spacial score (nSPS) is 31.4. The fourth-order valence-corrected chi connectivity index (χ4v) is 6.66. The molecule has 1 heterocycles. The van der Waals surface area contributed by atoms with E-state index in [1.54, 1.807) is 13.1 Å². The topological polar surface area (TPSA) is 93.1 Å². The minimum Gasteiger partial charge on any atom is -0.332 e. The molecule has 4 aliphatic rings. The van der Waals surface area contributed by atoms with Crippen LogP contribution in [0.5, 0.6) is 0 Å². The summed E-state index contributed by atoms with van der Waals surface area (Å²) in [5, 5.41) is 5.61. The van der Waals surface area contributed by atoms with E-state index in [9.17, 15) is 14.4 Å². The highest BCUT2D eigenvalue weighted by atomic mass is 32.2. The number of aromatic nitrogens is 2. The molecule has 0 aliphatic heterocycles. The Hall–Kier alpha value is -1.83. The van der Waals surface area contributed by atoms with Gasteiger partial charge in [0.15, 0.2) is 5.16 Å². The number of rotatable bonds is 5. The van der Waals surface area contributed by atoms with E-state index in [0.29, 0.717) is 11.7 Å². The van der Waals surface area contributed by atoms with Crippen LogP contribution in [0, 0.1) is 17.8 Å². The molecule has 0 saturated heterocycles. The van der Waals surface area contributed by atoms with Crippen molar-refractivity contribution in [2.24, 2.45) is 17.8 Å². The van der Waals surface area contributed by atoms with Crippen LogP contribution in [0.4, 0.5) is 4.79 Å². The first kappa shape index (κ1) is 19.5. The summed E-state index contributed by atoms with van der Waals surface area (Å²) in [4.78, 5) is 40.6. The molecule has 0 aromatic carbocycles. The molecule has 0 radical (unpaired) electrons. The Morgan fingerprint density at radius 2 is 1.86 bits per heavy atom. The number of hydrogen-bond acceptors (Lipinski definition) is 5. The zero-order valence-electron chi connectivity index (χ0n) is 16.4. The smallest absolute Gasteiger partial charge is 0.321 e. The van der Waals surface area contributed by atoms with E-state index >= 15 is 0 Å². The van der Waals surface area contributed by atoms with Crippen LogP contribution < -0.4 is 16.2 Å². The van der Waals surface area contributed by atoms with Gasteiger partial charge in [0.2, 0.25) is 5.91 Å². The monoisotopic (exact) mass is 404 g/mol. The zero-order valence-corrected chi connectivity index (χ0v) is 17.3. The minimum absolute atomic E-state index is 0.126. The number of nitrogens with zero attached hydrogens (tertiary/aromatic N) is 2. The molecule has 8 heteroatoms. The van der Waals surface area contributed by atoms with Crippen LogP contribution in [-0.2, 0) is 11.3 Å². The highest BCUT2D eigenvalue weighted by molar-refractivity contribution is 8.00. The quantitative estimate of drug-likeness (QED) is 0.581. The number of carbonyl (C=O) groups is 2. The molecule has 0 spiro atoms. The molecule has 4 saturated carbocycles. The number of hydrogen-bond donors (Lipinski definition) is 2. The molecular formula is C20H28N4O3S. The average molecular weight is 405 g/mol. The molecule has 5 rings (SSSR count). The molecule has 28 heavy (non-hydrogen) atoms. The maximum absolute atomic E-state index is 12.5. The fourth-order valence-electron chi connectivity index (χ4n) is 5.71. The van der Waals surface area contributed by atoms with Crippen LogP contribution in [0.1, 0.15) is 52.4 Å². The Balaban J connectivity index is 1.35. The van der Waals surface area contributed by atoms with Gasteiger partial charge in [0.05, 0.1) is 5.25 Å². The van der Waals surface area contributed by atoms with Crippen LogP contribution in [0.2, 0.25) is 0 Å². The van der Waals surface area contributed by atoms with Gasteiger partial charge in [-0.2, -0.15) is 4.98 Å². The average Bonchev–Trinajstić information content (AvgIpc) is 2.60. The molecule has 1 aromatic heterocycles. The molecule has 4 bridgehead atoms. The SMILES string of the molecule is CCn1ccc(=O)nc1SC(C)C(=O)NC(=O)NC12CC3CC(CC(C3)C1)C2. The van der Waals surface area contributed by atoms with Crippen LogP contribution in [0.15, 0.2) is 22.2 Å². The fraction of sp³-hybridized carbons (Fsp3) is 0.700. The lowest BCUT2D eigenvalue weighted by atomic mass is 9.53. The first-order valence-corrected chi connectivity index (χ1v) is 11.1. The van der Waals surface area contributed by atoms with Crippen molar-refractivity contribution in [2.45, 2.75) is 74.9 Å². The van der Waals surface area contributed by atoms with Gasteiger partial charge in [0.25, 0.3) is 5.56 Å². The van der Waals surface area contributed by atoms with Gasteiger partial charge >= 0.3 is 6.03 Å². The highest BCUT2D eigenvalue weighted by Crippen LogP contribution is 2.55. The molecule has 3 amide bonds. The largest absolute Gasteiger partial charge is 0.332 e.